The van der Waals surface area contributed by atoms with Gasteiger partial charge in [0.1, 0.15) is 0 Å². The molecule has 1 aromatic rings. The molecular weight excluding hydrogens is 256 g/mol. The molecule has 0 aliphatic carbocycles. The number of morpholine rings is 1. The normalized spacial score (nSPS) is 15.6. The fourth-order valence-corrected chi connectivity index (χ4v) is 1.76. The highest BCUT2D eigenvalue weighted by molar-refractivity contribution is 6.28. The van der Waals surface area contributed by atoms with E-state index in [1.807, 2.05) is 11.8 Å². The molecule has 0 aromatic carbocycles. The predicted octanol–water partition coefficient (Wildman–Crippen LogP) is 1.37. The summed E-state index contributed by atoms with van der Waals surface area (Å²) in [5, 5.41) is 0.141. The molecule has 1 aliphatic heterocycles. The Morgan fingerprint density at radius 3 is 2.78 bits per heavy atom. The van der Waals surface area contributed by atoms with Gasteiger partial charge in [0.15, 0.2) is 5.76 Å². The summed E-state index contributed by atoms with van der Waals surface area (Å²) >= 11 is 5.90. The van der Waals surface area contributed by atoms with Crippen LogP contribution in [0.3, 0.4) is 0 Å². The van der Waals surface area contributed by atoms with Gasteiger partial charge in [0.05, 0.1) is 19.8 Å². The van der Waals surface area contributed by atoms with E-state index in [1.54, 1.807) is 0 Å². The van der Waals surface area contributed by atoms with Crippen LogP contribution < -0.4 is 4.90 Å². The van der Waals surface area contributed by atoms with Crippen LogP contribution in [0.25, 0.3) is 5.76 Å². The third kappa shape index (κ3) is 3.08. The molecule has 0 unspecified atom stereocenters. The lowest BCUT2D eigenvalue weighted by Gasteiger charge is -2.26. The largest absolute Gasteiger partial charge is 0.491 e. The first-order valence-corrected chi connectivity index (χ1v) is 6.15. The van der Waals surface area contributed by atoms with Crippen molar-refractivity contribution in [1.82, 2.24) is 15.0 Å². The van der Waals surface area contributed by atoms with Gasteiger partial charge in [0, 0.05) is 13.1 Å². The molecule has 2 rings (SSSR count). The summed E-state index contributed by atoms with van der Waals surface area (Å²) in [6.45, 7) is 8.94. The number of rotatable bonds is 4. The second-order valence-corrected chi connectivity index (χ2v) is 4.02. The van der Waals surface area contributed by atoms with Crippen molar-refractivity contribution in [3.05, 3.63) is 17.7 Å². The van der Waals surface area contributed by atoms with Gasteiger partial charge in [-0.2, -0.15) is 15.0 Å². The second-order valence-electron chi connectivity index (χ2n) is 3.68. The summed E-state index contributed by atoms with van der Waals surface area (Å²) in [7, 11) is 0. The summed E-state index contributed by atoms with van der Waals surface area (Å²) < 4.78 is 10.6. The molecule has 1 aromatic heterocycles. The van der Waals surface area contributed by atoms with Gasteiger partial charge in [-0.05, 0) is 18.5 Å². The highest BCUT2D eigenvalue weighted by atomic mass is 35.5. The van der Waals surface area contributed by atoms with Crippen molar-refractivity contribution >= 4 is 23.3 Å². The highest BCUT2D eigenvalue weighted by Gasteiger charge is 2.17. The zero-order valence-electron chi connectivity index (χ0n) is 10.2. The first-order chi connectivity index (χ1) is 8.70. The summed E-state index contributed by atoms with van der Waals surface area (Å²) in [6.07, 6.45) is 0. The first kappa shape index (κ1) is 13.0. The fraction of sp³-hybridized carbons (Fsp3) is 0.545. The summed E-state index contributed by atoms with van der Waals surface area (Å²) in [4.78, 5) is 14.4. The van der Waals surface area contributed by atoms with Crippen molar-refractivity contribution in [1.29, 1.82) is 0 Å². The van der Waals surface area contributed by atoms with E-state index in [4.69, 9.17) is 21.1 Å². The molecule has 1 aliphatic rings. The van der Waals surface area contributed by atoms with E-state index < -0.39 is 0 Å². The Kier molecular flexibility index (Phi) is 4.33. The molecular formula is C11H15ClN4O2. The topological polar surface area (TPSA) is 60.4 Å². The van der Waals surface area contributed by atoms with Crippen LogP contribution in [0, 0.1) is 0 Å². The van der Waals surface area contributed by atoms with E-state index in [1.165, 1.54) is 0 Å². The van der Waals surface area contributed by atoms with Crippen LogP contribution in [0.2, 0.25) is 5.28 Å². The van der Waals surface area contributed by atoms with Crippen molar-refractivity contribution in [3.63, 3.8) is 0 Å². The van der Waals surface area contributed by atoms with Crippen LogP contribution in [-0.2, 0) is 9.47 Å². The van der Waals surface area contributed by atoms with Crippen molar-refractivity contribution in [3.8, 4) is 0 Å². The molecule has 0 atom stereocenters. The quantitative estimate of drug-likeness (QED) is 0.770. The minimum atomic E-state index is 0.141. The lowest BCUT2D eigenvalue weighted by atomic mass is 10.4. The molecule has 18 heavy (non-hydrogen) atoms. The second kappa shape index (κ2) is 5.97. The molecule has 0 radical (unpaired) electrons. The number of aromatic nitrogens is 3. The molecule has 0 bridgehead atoms. The fourth-order valence-electron chi connectivity index (χ4n) is 1.61. The van der Waals surface area contributed by atoms with E-state index in [9.17, 15) is 0 Å². The lowest BCUT2D eigenvalue weighted by Crippen LogP contribution is -2.37. The molecule has 6 nitrogen and oxygen atoms in total. The van der Waals surface area contributed by atoms with E-state index >= 15 is 0 Å². The Morgan fingerprint density at radius 1 is 1.39 bits per heavy atom. The van der Waals surface area contributed by atoms with Gasteiger partial charge < -0.3 is 14.4 Å². The number of halogens is 1. The molecule has 2 heterocycles. The number of ether oxygens (including phenoxy) is 2. The SMILES string of the molecule is C=C(OCC)c1nc(Cl)nc(N2CCOCC2)n1. The molecule has 0 saturated carbocycles. The van der Waals surface area contributed by atoms with Crippen molar-refractivity contribution in [2.75, 3.05) is 37.8 Å². The molecule has 98 valence electrons. The summed E-state index contributed by atoms with van der Waals surface area (Å²) in [6, 6.07) is 0. The molecule has 1 fully saturated rings. The minimum absolute atomic E-state index is 0.141. The Labute approximate surface area is 111 Å². The van der Waals surface area contributed by atoms with Crippen LogP contribution in [0.1, 0.15) is 12.7 Å². The number of anilines is 1. The molecule has 1 saturated heterocycles. The standard InChI is InChI=1S/C11H15ClN4O2/c1-3-18-8(2)9-13-10(12)15-11(14-9)16-4-6-17-7-5-16/h2-7H2,1H3. The van der Waals surface area contributed by atoms with Crippen LogP contribution in [0.15, 0.2) is 6.58 Å². The Morgan fingerprint density at radius 2 is 2.11 bits per heavy atom. The van der Waals surface area contributed by atoms with Gasteiger partial charge in [-0.25, -0.2) is 0 Å². The van der Waals surface area contributed by atoms with Gasteiger partial charge in [-0.3, -0.25) is 0 Å². The third-order valence-electron chi connectivity index (χ3n) is 2.46. The number of nitrogens with zero attached hydrogens (tertiary/aromatic N) is 4. The van der Waals surface area contributed by atoms with Crippen molar-refractivity contribution in [2.45, 2.75) is 6.92 Å². The maximum absolute atomic E-state index is 5.90. The van der Waals surface area contributed by atoms with Gasteiger partial charge in [0.2, 0.25) is 17.1 Å². The van der Waals surface area contributed by atoms with Crippen molar-refractivity contribution in [2.24, 2.45) is 0 Å². The Bertz CT molecular complexity index is 435. The van der Waals surface area contributed by atoms with Gasteiger partial charge >= 0.3 is 0 Å². The smallest absolute Gasteiger partial charge is 0.230 e. The third-order valence-corrected chi connectivity index (χ3v) is 2.63. The average molecular weight is 271 g/mol. The zero-order valence-corrected chi connectivity index (χ0v) is 11.0. The average Bonchev–Trinajstić information content (AvgIpc) is 2.39. The van der Waals surface area contributed by atoms with Gasteiger partial charge in [-0.15, -0.1) is 0 Å². The number of hydrogen-bond donors (Lipinski definition) is 0. The minimum Gasteiger partial charge on any atom is -0.491 e. The Hall–Kier alpha value is -1.40. The maximum atomic E-state index is 5.90. The van der Waals surface area contributed by atoms with Crippen LogP contribution in [0.5, 0.6) is 0 Å². The predicted molar refractivity (Wildman–Crippen MR) is 68.5 cm³/mol. The lowest BCUT2D eigenvalue weighted by molar-refractivity contribution is 0.122. The van der Waals surface area contributed by atoms with Crippen molar-refractivity contribution < 1.29 is 9.47 Å². The van der Waals surface area contributed by atoms with Crippen LogP contribution in [0.4, 0.5) is 5.95 Å². The van der Waals surface area contributed by atoms with E-state index in [0.29, 0.717) is 37.4 Å². The first-order valence-electron chi connectivity index (χ1n) is 5.77. The van der Waals surface area contributed by atoms with Gasteiger partial charge in [-0.1, -0.05) is 6.58 Å². The van der Waals surface area contributed by atoms with Gasteiger partial charge in [0.25, 0.3) is 0 Å². The molecule has 0 N–H and O–H groups in total. The number of hydrogen-bond acceptors (Lipinski definition) is 6. The Balaban J connectivity index is 2.22. The van der Waals surface area contributed by atoms with Crippen LogP contribution >= 0.6 is 11.6 Å². The molecule has 0 spiro atoms. The molecule has 0 amide bonds. The highest BCUT2D eigenvalue weighted by Crippen LogP contribution is 2.17. The molecule has 7 heteroatoms. The monoisotopic (exact) mass is 270 g/mol. The van der Waals surface area contributed by atoms with E-state index in [-0.39, 0.29) is 5.28 Å². The van der Waals surface area contributed by atoms with Crippen LogP contribution in [-0.4, -0.2) is 47.9 Å². The summed E-state index contributed by atoms with van der Waals surface area (Å²) in [5.41, 5.74) is 0. The van der Waals surface area contributed by atoms with E-state index in [2.05, 4.69) is 21.5 Å². The summed E-state index contributed by atoms with van der Waals surface area (Å²) in [5.74, 6) is 1.31. The van der Waals surface area contributed by atoms with E-state index in [0.717, 1.165) is 13.1 Å². The maximum Gasteiger partial charge on any atom is 0.230 e. The zero-order chi connectivity index (χ0) is 13.0.